The minimum absolute atomic E-state index is 0.0398. The van der Waals surface area contributed by atoms with Crippen molar-refractivity contribution in [3.8, 4) is 32.4 Å². The van der Waals surface area contributed by atoms with Gasteiger partial charge in [0.05, 0.1) is 57.6 Å². The van der Waals surface area contributed by atoms with E-state index in [0.29, 0.717) is 22.6 Å². The first-order valence-corrected chi connectivity index (χ1v) is 26.2. The number of aromatic nitrogens is 2. The van der Waals surface area contributed by atoms with Crippen LogP contribution in [-0.4, -0.2) is 141 Å². The fraction of sp³-hybridized carbons (Fsp3) is 0.538. The number of ether oxygens (including phenoxy) is 3. The van der Waals surface area contributed by atoms with Crippen molar-refractivity contribution in [2.45, 2.75) is 132 Å². The largest absolute Gasteiger partial charge is 0.491 e. The number of aryl methyl sites for hydroxylation is 2. The number of amides is 6. The first-order valence-electron chi connectivity index (χ1n) is 24.4. The van der Waals surface area contributed by atoms with Gasteiger partial charge in [-0.2, -0.15) is 0 Å². The zero-order chi connectivity index (χ0) is 53.4. The van der Waals surface area contributed by atoms with Gasteiger partial charge in [-0.25, -0.2) is 9.97 Å². The topological polar surface area (TPSA) is 251 Å². The summed E-state index contributed by atoms with van der Waals surface area (Å²) in [5, 5.41) is 32.6. The molecule has 396 valence electrons. The van der Waals surface area contributed by atoms with Crippen LogP contribution in [-0.2, 0) is 46.6 Å². The molecule has 2 aliphatic rings. The molecule has 0 bridgehead atoms. The molecular weight excluding hydrogens is 977 g/mol. The third-order valence-corrected chi connectivity index (χ3v) is 14.6. The lowest BCUT2D eigenvalue weighted by Crippen LogP contribution is -2.57. The molecule has 0 spiro atoms. The number of β-amino-alcohol motifs (C(OH)–C–C–N with tert-alkyl or cyclic N) is 2. The molecule has 21 heteroatoms. The van der Waals surface area contributed by atoms with Crippen molar-refractivity contribution in [1.29, 1.82) is 0 Å². The Labute approximate surface area is 434 Å². The first kappa shape index (κ1) is 56.3. The summed E-state index contributed by atoms with van der Waals surface area (Å²) in [5.74, 6) is -1.52. The fourth-order valence-corrected chi connectivity index (χ4v) is 10.5. The smallest absolute Gasteiger partial charge is 0.246 e. The Bertz CT molecular complexity index is 2450. The van der Waals surface area contributed by atoms with Crippen molar-refractivity contribution < 1.29 is 53.2 Å². The number of hydrogen-bond donors (Lipinski definition) is 6. The van der Waals surface area contributed by atoms with Crippen LogP contribution < -0.4 is 30.7 Å². The van der Waals surface area contributed by atoms with E-state index in [2.05, 4.69) is 31.2 Å². The highest BCUT2D eigenvalue weighted by atomic mass is 32.1. The molecule has 4 heterocycles. The van der Waals surface area contributed by atoms with Gasteiger partial charge in [-0.05, 0) is 47.9 Å². The zero-order valence-electron chi connectivity index (χ0n) is 43.3. The van der Waals surface area contributed by atoms with E-state index in [9.17, 15) is 39.0 Å². The van der Waals surface area contributed by atoms with E-state index in [-0.39, 0.29) is 77.3 Å². The number of rotatable bonds is 20. The molecule has 6 N–H and O–H groups in total. The number of aliphatic hydroxyl groups is 2. The van der Waals surface area contributed by atoms with Gasteiger partial charge < -0.3 is 55.5 Å². The van der Waals surface area contributed by atoms with Crippen LogP contribution in [0.5, 0.6) is 11.5 Å². The van der Waals surface area contributed by atoms with Gasteiger partial charge in [-0.15, -0.1) is 22.7 Å². The number of nitrogens with one attached hydrogen (secondary N) is 4. The summed E-state index contributed by atoms with van der Waals surface area (Å²) >= 11 is 2.99. The number of aliphatic hydroxyl groups excluding tert-OH is 2. The summed E-state index contributed by atoms with van der Waals surface area (Å²) in [5.41, 5.74) is 7.05. The molecule has 73 heavy (non-hydrogen) atoms. The average molecular weight is 1050 g/mol. The van der Waals surface area contributed by atoms with Crippen LogP contribution in [0.15, 0.2) is 47.4 Å². The maximum Gasteiger partial charge on any atom is 0.246 e. The minimum atomic E-state index is -0.950. The molecule has 2 aromatic carbocycles. The molecule has 0 saturated carbocycles. The van der Waals surface area contributed by atoms with Gasteiger partial charge in [-0.1, -0.05) is 65.8 Å². The normalized spacial score (nSPS) is 18.7. The van der Waals surface area contributed by atoms with Gasteiger partial charge in [0.15, 0.2) is 0 Å². The fourth-order valence-electron chi connectivity index (χ4n) is 8.88. The zero-order valence-corrected chi connectivity index (χ0v) is 45.0. The summed E-state index contributed by atoms with van der Waals surface area (Å²) in [6, 6.07) is 7.66. The Balaban J connectivity index is 1.08. The molecule has 6 rings (SSSR count). The second kappa shape index (κ2) is 24.4. The van der Waals surface area contributed by atoms with Gasteiger partial charge in [0.25, 0.3) is 0 Å². The van der Waals surface area contributed by atoms with Crippen LogP contribution in [0, 0.1) is 24.7 Å². The molecule has 2 aliphatic heterocycles. The van der Waals surface area contributed by atoms with Gasteiger partial charge >= 0.3 is 0 Å². The van der Waals surface area contributed by atoms with E-state index in [4.69, 9.17) is 14.2 Å². The Morgan fingerprint density at radius 2 is 1.03 bits per heavy atom. The molecule has 4 aromatic rings. The lowest BCUT2D eigenvalue weighted by Gasteiger charge is -2.35. The van der Waals surface area contributed by atoms with E-state index in [1.54, 1.807) is 11.0 Å². The summed E-state index contributed by atoms with van der Waals surface area (Å²) in [7, 11) is 0. The van der Waals surface area contributed by atoms with Crippen LogP contribution in [0.25, 0.3) is 20.9 Å². The summed E-state index contributed by atoms with van der Waals surface area (Å²) < 4.78 is 18.6. The summed E-state index contributed by atoms with van der Waals surface area (Å²) in [6.45, 7) is 18.2. The van der Waals surface area contributed by atoms with Crippen LogP contribution in [0.4, 0.5) is 0 Å². The van der Waals surface area contributed by atoms with Crippen LogP contribution in [0.3, 0.4) is 0 Å². The van der Waals surface area contributed by atoms with Gasteiger partial charge in [-0.3, -0.25) is 28.8 Å². The number of likely N-dealkylation sites (tertiary alicyclic amines) is 2. The van der Waals surface area contributed by atoms with E-state index < -0.39 is 70.8 Å². The maximum absolute atomic E-state index is 13.8. The highest BCUT2D eigenvalue weighted by Crippen LogP contribution is 2.35. The van der Waals surface area contributed by atoms with Gasteiger partial charge in [0, 0.05) is 64.0 Å². The van der Waals surface area contributed by atoms with Crippen molar-refractivity contribution in [2.75, 3.05) is 39.5 Å². The van der Waals surface area contributed by atoms with Crippen molar-refractivity contribution in [2.24, 2.45) is 10.8 Å². The molecule has 0 unspecified atom stereocenters. The molecule has 2 fully saturated rings. The van der Waals surface area contributed by atoms with Crippen LogP contribution >= 0.6 is 22.7 Å². The van der Waals surface area contributed by atoms with E-state index in [1.807, 2.05) is 91.8 Å². The number of carbonyl (C=O) groups excluding carboxylic acids is 6. The van der Waals surface area contributed by atoms with E-state index in [1.165, 1.54) is 46.3 Å². The first-order chi connectivity index (χ1) is 34.4. The van der Waals surface area contributed by atoms with Gasteiger partial charge in [0.1, 0.15) is 48.9 Å². The SMILES string of the molecule is CC(=O)N[C@H](C(=O)N1C[C@H](O)C[C@H]1C(=O)NCc1ccc(-c2scnc2C)cc1OCCOCCOc1cc(-c2scnc2C)ccc1CNC(=O)[C@@H]1C[C@@H](O)CN1C(=O)[C@@H](NC(C)=O)C(C)(C)C)C(C)(C)C. The Morgan fingerprint density at radius 3 is 1.36 bits per heavy atom. The second-order valence-corrected chi connectivity index (χ2v) is 22.4. The molecule has 2 saturated heterocycles. The van der Waals surface area contributed by atoms with Crippen molar-refractivity contribution in [3.63, 3.8) is 0 Å². The molecular formula is C52H70N8O11S2. The third kappa shape index (κ3) is 14.6. The van der Waals surface area contributed by atoms with Gasteiger partial charge in [0.2, 0.25) is 35.4 Å². The Hall–Kier alpha value is -6.00. The highest BCUT2D eigenvalue weighted by molar-refractivity contribution is 7.13. The number of thiazole rings is 2. The summed E-state index contributed by atoms with van der Waals surface area (Å²) in [6.07, 6.45) is -1.72. The predicted molar refractivity (Wildman–Crippen MR) is 276 cm³/mol. The monoisotopic (exact) mass is 1050 g/mol. The summed E-state index contributed by atoms with van der Waals surface area (Å²) in [4.78, 5) is 92.6. The molecule has 19 nitrogen and oxygen atoms in total. The molecule has 0 radical (unpaired) electrons. The number of benzene rings is 2. The predicted octanol–water partition coefficient (Wildman–Crippen LogP) is 4.28. The van der Waals surface area contributed by atoms with E-state index >= 15 is 0 Å². The second-order valence-electron chi connectivity index (χ2n) is 20.7. The third-order valence-electron chi connectivity index (χ3n) is 12.7. The van der Waals surface area contributed by atoms with Crippen molar-refractivity contribution in [1.82, 2.24) is 41.0 Å². The maximum atomic E-state index is 13.8. The molecule has 2 aromatic heterocycles. The molecule has 6 amide bonds. The number of hydrogen-bond acceptors (Lipinski definition) is 15. The van der Waals surface area contributed by atoms with Crippen molar-refractivity contribution >= 4 is 58.1 Å². The lowest BCUT2D eigenvalue weighted by molar-refractivity contribution is -0.143. The van der Waals surface area contributed by atoms with Crippen LogP contribution in [0.1, 0.15) is 90.7 Å². The molecule has 6 atom stereocenters. The lowest BCUT2D eigenvalue weighted by atomic mass is 9.85. The Kier molecular flexibility index (Phi) is 18.8. The minimum Gasteiger partial charge on any atom is -0.491 e. The van der Waals surface area contributed by atoms with Crippen molar-refractivity contribution in [3.05, 3.63) is 69.9 Å². The highest BCUT2D eigenvalue weighted by Gasteiger charge is 2.46. The van der Waals surface area contributed by atoms with Crippen LogP contribution in [0.2, 0.25) is 0 Å². The number of nitrogens with zero attached hydrogens (tertiary/aromatic N) is 4. The average Bonchev–Trinajstić information content (AvgIpc) is 4.14. The standard InChI is InChI=1S/C52H70N8O11S2/c1-29-43(72-27-55-29)33-11-13-35(23-53-47(65)39-21-37(63)25-59(39)49(67)45(51(5,6)7)57-31(3)61)41(19-33)70-17-15-69-16-18-71-42-20-34(44-30(2)56-28-73-44)12-14-36(42)24-54-48(66)40-22-38(64)26-60(40)50(68)46(52(8,9)10)58-32(4)62/h11-14,19-20,27-28,37-40,45-46,63-64H,15-18,21-26H2,1-10H3,(H,53,65)(H,54,66)(H,57,61)(H,58,62)/t37-,38-,39+,40+,45-,46-/m1/s1. The van der Waals surface area contributed by atoms with E-state index in [0.717, 1.165) is 32.3 Å². The quantitative estimate of drug-likeness (QED) is 0.0678. The Morgan fingerprint density at radius 1 is 0.644 bits per heavy atom. The molecule has 0 aliphatic carbocycles. The number of carbonyl (C=O) groups is 6.